The number of hydrogen-bond donors (Lipinski definition) is 1. The Labute approximate surface area is 169 Å². The van der Waals surface area contributed by atoms with Crippen LogP contribution in [0.3, 0.4) is 0 Å². The molecule has 0 aliphatic carbocycles. The molecule has 0 fully saturated rings. The standard InChI is InChI=1S/C19H24BClO7/c1-5-14(22)8-12-6-11-7-13(21)9-15(16(11)28-20(12)25)17(23)26-10-27-18(24)19(2,3)4/h7,9,12,25H,5-6,8,10H2,1-4H3/t12-/m1/s1. The predicted molar refractivity (Wildman–Crippen MR) is 103 cm³/mol. The van der Waals surface area contributed by atoms with Crippen LogP contribution >= 0.6 is 11.6 Å². The fourth-order valence-corrected chi connectivity index (χ4v) is 2.97. The zero-order valence-electron chi connectivity index (χ0n) is 16.4. The Morgan fingerprint density at radius 1 is 1.29 bits per heavy atom. The van der Waals surface area contributed by atoms with Crippen molar-refractivity contribution in [3.8, 4) is 5.75 Å². The minimum Gasteiger partial charge on any atom is -0.535 e. The molecule has 1 heterocycles. The monoisotopic (exact) mass is 410 g/mol. The van der Waals surface area contributed by atoms with Gasteiger partial charge in [-0.2, -0.15) is 0 Å². The van der Waals surface area contributed by atoms with E-state index in [0.29, 0.717) is 18.4 Å². The summed E-state index contributed by atoms with van der Waals surface area (Å²) >= 11 is 6.11. The molecule has 0 amide bonds. The van der Waals surface area contributed by atoms with Crippen LogP contribution in [0.5, 0.6) is 5.75 Å². The maximum Gasteiger partial charge on any atom is 0.526 e. The van der Waals surface area contributed by atoms with E-state index in [-0.39, 0.29) is 28.5 Å². The molecule has 0 aromatic heterocycles. The van der Waals surface area contributed by atoms with Gasteiger partial charge in [-0.05, 0) is 44.9 Å². The number of fused-ring (bicyclic) bond motifs is 1. The first kappa shape index (κ1) is 22.2. The molecule has 1 aromatic rings. The summed E-state index contributed by atoms with van der Waals surface area (Å²) in [6.45, 7) is 6.24. The van der Waals surface area contributed by atoms with E-state index >= 15 is 0 Å². The molecule has 1 N–H and O–H groups in total. The number of halogens is 1. The lowest BCUT2D eigenvalue weighted by Gasteiger charge is -2.28. The smallest absolute Gasteiger partial charge is 0.526 e. The lowest BCUT2D eigenvalue weighted by molar-refractivity contribution is -0.161. The lowest BCUT2D eigenvalue weighted by atomic mass is 9.64. The van der Waals surface area contributed by atoms with Crippen molar-refractivity contribution in [1.82, 2.24) is 0 Å². The summed E-state index contributed by atoms with van der Waals surface area (Å²) < 4.78 is 15.4. The Balaban J connectivity index is 2.14. The third-order valence-electron chi connectivity index (χ3n) is 4.35. The molecule has 0 saturated heterocycles. The van der Waals surface area contributed by atoms with Gasteiger partial charge in [-0.3, -0.25) is 9.59 Å². The number of carbonyl (C=O) groups excluding carboxylic acids is 3. The van der Waals surface area contributed by atoms with Gasteiger partial charge in [0.2, 0.25) is 6.79 Å². The van der Waals surface area contributed by atoms with Crippen molar-refractivity contribution >= 4 is 36.4 Å². The Hall–Kier alpha value is -2.06. The minimum atomic E-state index is -1.23. The van der Waals surface area contributed by atoms with Gasteiger partial charge in [-0.25, -0.2) is 4.79 Å². The summed E-state index contributed by atoms with van der Waals surface area (Å²) in [5.74, 6) is -1.56. The second-order valence-corrected chi connectivity index (χ2v) is 8.18. The molecule has 28 heavy (non-hydrogen) atoms. The normalized spacial score (nSPS) is 16.1. The number of ketones is 1. The minimum absolute atomic E-state index is 0.0124. The van der Waals surface area contributed by atoms with Crippen LogP contribution in [0.1, 0.15) is 56.5 Å². The van der Waals surface area contributed by atoms with Crippen LogP contribution in [-0.2, 0) is 25.5 Å². The zero-order chi connectivity index (χ0) is 21.1. The summed E-state index contributed by atoms with van der Waals surface area (Å²) in [5.41, 5.74) is -0.0984. The van der Waals surface area contributed by atoms with Crippen LogP contribution in [0.15, 0.2) is 12.1 Å². The third kappa shape index (κ3) is 5.48. The first-order valence-corrected chi connectivity index (χ1v) is 9.44. The molecule has 0 unspecified atom stereocenters. The average molecular weight is 411 g/mol. The molecule has 1 aliphatic heterocycles. The van der Waals surface area contributed by atoms with Crippen LogP contribution < -0.4 is 4.65 Å². The number of hydrogen-bond acceptors (Lipinski definition) is 7. The highest BCUT2D eigenvalue weighted by Gasteiger charge is 2.38. The lowest BCUT2D eigenvalue weighted by Crippen LogP contribution is -2.36. The van der Waals surface area contributed by atoms with Crippen LogP contribution in [0.4, 0.5) is 0 Å². The summed E-state index contributed by atoms with van der Waals surface area (Å²) in [6, 6.07) is 2.99. The first-order valence-electron chi connectivity index (χ1n) is 9.06. The number of carbonyl (C=O) groups is 3. The van der Waals surface area contributed by atoms with Crippen LogP contribution in [-0.4, -0.2) is 36.7 Å². The van der Waals surface area contributed by atoms with Crippen molar-refractivity contribution in [3.63, 3.8) is 0 Å². The molecule has 1 aliphatic rings. The van der Waals surface area contributed by atoms with Crippen molar-refractivity contribution in [1.29, 1.82) is 0 Å². The molecule has 7 nitrogen and oxygen atoms in total. The molecule has 152 valence electrons. The second kappa shape index (κ2) is 8.96. The van der Waals surface area contributed by atoms with Gasteiger partial charge in [-0.15, -0.1) is 0 Å². The summed E-state index contributed by atoms with van der Waals surface area (Å²) in [6.07, 6.45) is 0.880. The highest BCUT2D eigenvalue weighted by Crippen LogP contribution is 2.38. The Bertz CT molecular complexity index is 772. The van der Waals surface area contributed by atoms with Crippen molar-refractivity contribution < 1.29 is 33.5 Å². The largest absolute Gasteiger partial charge is 0.535 e. The fourth-order valence-electron chi connectivity index (χ4n) is 2.73. The third-order valence-corrected chi connectivity index (χ3v) is 4.57. The SMILES string of the molecule is CCC(=O)C[C@H]1Cc2cc(Cl)cc(C(=O)OCOC(=O)C(C)(C)C)c2OB1O. The van der Waals surface area contributed by atoms with E-state index in [4.69, 9.17) is 25.7 Å². The van der Waals surface area contributed by atoms with Gasteiger partial charge in [0.1, 0.15) is 17.1 Å². The Morgan fingerprint density at radius 3 is 2.57 bits per heavy atom. The molecule has 0 spiro atoms. The molecule has 0 bridgehead atoms. The predicted octanol–water partition coefficient (Wildman–Crippen LogP) is 3.20. The molecule has 1 atom stereocenters. The highest BCUT2D eigenvalue weighted by atomic mass is 35.5. The van der Waals surface area contributed by atoms with Crippen LogP contribution in [0.25, 0.3) is 0 Å². The average Bonchev–Trinajstić information content (AvgIpc) is 2.60. The van der Waals surface area contributed by atoms with Gasteiger partial charge >= 0.3 is 19.1 Å². The first-order chi connectivity index (χ1) is 13.0. The van der Waals surface area contributed by atoms with Crippen LogP contribution in [0.2, 0.25) is 10.8 Å². The zero-order valence-corrected chi connectivity index (χ0v) is 17.2. The summed E-state index contributed by atoms with van der Waals surface area (Å²) in [5, 5.41) is 10.5. The van der Waals surface area contributed by atoms with Crippen molar-refractivity contribution in [2.45, 2.75) is 52.8 Å². The number of rotatable bonds is 6. The van der Waals surface area contributed by atoms with E-state index in [1.165, 1.54) is 6.07 Å². The maximum absolute atomic E-state index is 12.4. The van der Waals surface area contributed by atoms with E-state index in [0.717, 1.165) is 0 Å². The summed E-state index contributed by atoms with van der Waals surface area (Å²) in [7, 11) is -1.23. The van der Waals surface area contributed by atoms with E-state index in [9.17, 15) is 19.4 Å². The number of ether oxygens (including phenoxy) is 2. The molecule has 2 rings (SSSR count). The molecular weight excluding hydrogens is 386 g/mol. The van der Waals surface area contributed by atoms with E-state index in [1.807, 2.05) is 0 Å². The number of esters is 2. The van der Waals surface area contributed by atoms with Gasteiger partial charge in [0.05, 0.1) is 5.41 Å². The van der Waals surface area contributed by atoms with Crippen molar-refractivity contribution in [2.24, 2.45) is 5.41 Å². The van der Waals surface area contributed by atoms with E-state index in [2.05, 4.69) is 0 Å². The van der Waals surface area contributed by atoms with Crippen LogP contribution in [0, 0.1) is 5.41 Å². The Kier molecular flexibility index (Phi) is 7.12. The number of benzene rings is 1. The van der Waals surface area contributed by atoms with Gasteiger partial charge in [-0.1, -0.05) is 18.5 Å². The van der Waals surface area contributed by atoms with Crippen molar-refractivity contribution in [2.75, 3.05) is 6.79 Å². The molecular formula is C19H24BClO7. The highest BCUT2D eigenvalue weighted by molar-refractivity contribution is 6.47. The molecule has 1 aromatic carbocycles. The molecule has 9 heteroatoms. The van der Waals surface area contributed by atoms with Crippen molar-refractivity contribution in [3.05, 3.63) is 28.3 Å². The number of Topliss-reactive ketones (excluding diaryl/α,β-unsaturated/α-hetero) is 1. The fraction of sp³-hybridized carbons (Fsp3) is 0.526. The topological polar surface area (TPSA) is 99.1 Å². The van der Waals surface area contributed by atoms with Gasteiger partial charge in [0.15, 0.2) is 0 Å². The molecule has 0 saturated carbocycles. The van der Waals surface area contributed by atoms with Gasteiger partial charge < -0.3 is 19.2 Å². The van der Waals surface area contributed by atoms with E-state index < -0.39 is 37.1 Å². The Morgan fingerprint density at radius 2 is 1.96 bits per heavy atom. The quantitative estimate of drug-likeness (QED) is 0.437. The molecule has 0 radical (unpaired) electrons. The van der Waals surface area contributed by atoms with Gasteiger partial charge in [0.25, 0.3) is 0 Å². The van der Waals surface area contributed by atoms with E-state index in [1.54, 1.807) is 33.8 Å². The summed E-state index contributed by atoms with van der Waals surface area (Å²) in [4.78, 5) is 35.9. The van der Waals surface area contributed by atoms with Gasteiger partial charge in [0, 0.05) is 23.7 Å². The maximum atomic E-state index is 12.4. The second-order valence-electron chi connectivity index (χ2n) is 7.74.